The maximum Gasteiger partial charge on any atom is 0.131 e. The minimum atomic E-state index is -0.148. The van der Waals surface area contributed by atoms with E-state index >= 15 is 4.39 Å². The highest BCUT2D eigenvalue weighted by atomic mass is 19.1. The van der Waals surface area contributed by atoms with Gasteiger partial charge in [0.05, 0.1) is 0 Å². The maximum atomic E-state index is 15.0. The topological polar surface area (TPSA) is 0 Å². The van der Waals surface area contributed by atoms with Crippen LogP contribution in [-0.2, 0) is 6.42 Å². The van der Waals surface area contributed by atoms with Crippen LogP contribution in [-0.4, -0.2) is 0 Å². The van der Waals surface area contributed by atoms with Gasteiger partial charge in [0.15, 0.2) is 0 Å². The van der Waals surface area contributed by atoms with Crippen LogP contribution in [0.15, 0.2) is 66.7 Å². The number of rotatable bonds is 9. The summed E-state index contributed by atoms with van der Waals surface area (Å²) in [6, 6.07) is 22.9. The Hall–Kier alpha value is -2.41. The van der Waals surface area contributed by atoms with Gasteiger partial charge in [-0.1, -0.05) is 107 Å². The molecular formula is C32H39F. The normalized spacial score (nSPS) is 18.4. The summed E-state index contributed by atoms with van der Waals surface area (Å²) in [5.74, 6) is 1.46. The van der Waals surface area contributed by atoms with Crippen molar-refractivity contribution in [3.8, 4) is 22.3 Å². The third kappa shape index (κ3) is 6.14. The molecule has 0 aromatic heterocycles. The van der Waals surface area contributed by atoms with Gasteiger partial charge in [0.25, 0.3) is 0 Å². The van der Waals surface area contributed by atoms with Crippen molar-refractivity contribution in [2.24, 2.45) is 5.92 Å². The predicted octanol–water partition coefficient (Wildman–Crippen LogP) is 9.97. The third-order valence-corrected chi connectivity index (χ3v) is 7.55. The first-order chi connectivity index (χ1) is 16.2. The standard InChI is InChI=1S/C32H39F/c1-3-5-6-8-25-11-13-26(14-12-25)27-17-19-29(20-18-27)31-22-21-30(23-32(31)33)28-15-9-24(7-4-2)10-16-28/h9-10,15-23,25-26H,3-8,11-14H2,1-2H3. The highest BCUT2D eigenvalue weighted by molar-refractivity contribution is 5.71. The van der Waals surface area contributed by atoms with Crippen LogP contribution >= 0.6 is 0 Å². The van der Waals surface area contributed by atoms with Crippen molar-refractivity contribution in [2.75, 3.05) is 0 Å². The molecule has 1 aliphatic rings. The van der Waals surface area contributed by atoms with Crippen molar-refractivity contribution in [2.45, 2.75) is 84.0 Å². The Morgan fingerprint density at radius 3 is 2.00 bits per heavy atom. The summed E-state index contributed by atoms with van der Waals surface area (Å²) < 4.78 is 15.0. The lowest BCUT2D eigenvalue weighted by molar-refractivity contribution is 0.303. The lowest BCUT2D eigenvalue weighted by atomic mass is 9.77. The van der Waals surface area contributed by atoms with Crippen LogP contribution in [0.5, 0.6) is 0 Å². The SMILES string of the molecule is CCCCCC1CCC(c2ccc(-c3ccc(-c4ccc(CCC)cc4)cc3F)cc2)CC1. The van der Waals surface area contributed by atoms with E-state index in [1.165, 1.54) is 62.5 Å². The average molecular weight is 443 g/mol. The second-order valence-electron chi connectivity index (χ2n) is 9.98. The molecule has 1 aliphatic carbocycles. The van der Waals surface area contributed by atoms with Crippen LogP contribution in [0.25, 0.3) is 22.3 Å². The maximum absolute atomic E-state index is 15.0. The molecule has 0 heterocycles. The fourth-order valence-electron chi connectivity index (χ4n) is 5.48. The van der Waals surface area contributed by atoms with E-state index in [-0.39, 0.29) is 5.82 Å². The number of halogens is 1. The predicted molar refractivity (Wildman–Crippen MR) is 140 cm³/mol. The molecule has 1 heteroatoms. The fraction of sp³-hybridized carbons (Fsp3) is 0.438. The van der Waals surface area contributed by atoms with Crippen molar-refractivity contribution in [3.05, 3.63) is 83.7 Å². The molecule has 33 heavy (non-hydrogen) atoms. The van der Waals surface area contributed by atoms with Gasteiger partial charge in [-0.2, -0.15) is 0 Å². The molecule has 0 amide bonds. The van der Waals surface area contributed by atoms with E-state index < -0.39 is 0 Å². The van der Waals surface area contributed by atoms with E-state index in [0.717, 1.165) is 35.4 Å². The second-order valence-corrected chi connectivity index (χ2v) is 9.98. The molecule has 3 aromatic rings. The second kappa shape index (κ2) is 11.6. The van der Waals surface area contributed by atoms with Gasteiger partial charge in [-0.3, -0.25) is 0 Å². The molecule has 3 aromatic carbocycles. The van der Waals surface area contributed by atoms with Gasteiger partial charge in [0.1, 0.15) is 5.82 Å². The molecule has 0 saturated heterocycles. The Bertz CT molecular complexity index is 992. The van der Waals surface area contributed by atoms with Gasteiger partial charge in [0.2, 0.25) is 0 Å². The molecule has 174 valence electrons. The highest BCUT2D eigenvalue weighted by Crippen LogP contribution is 2.38. The number of benzene rings is 3. The first-order valence-electron chi connectivity index (χ1n) is 13.2. The lowest BCUT2D eigenvalue weighted by Crippen LogP contribution is -2.13. The zero-order chi connectivity index (χ0) is 23.0. The van der Waals surface area contributed by atoms with E-state index in [1.54, 1.807) is 6.07 Å². The fourth-order valence-corrected chi connectivity index (χ4v) is 5.48. The third-order valence-electron chi connectivity index (χ3n) is 7.55. The minimum absolute atomic E-state index is 0.148. The Morgan fingerprint density at radius 2 is 1.36 bits per heavy atom. The van der Waals surface area contributed by atoms with E-state index in [4.69, 9.17) is 0 Å². The quantitative estimate of drug-likeness (QED) is 0.289. The smallest absolute Gasteiger partial charge is 0.131 e. The minimum Gasteiger partial charge on any atom is -0.206 e. The van der Waals surface area contributed by atoms with Crippen molar-refractivity contribution < 1.29 is 4.39 Å². The summed E-state index contributed by atoms with van der Waals surface area (Å²) >= 11 is 0. The molecule has 1 fully saturated rings. The molecule has 0 unspecified atom stereocenters. The Kier molecular flexibility index (Phi) is 8.37. The van der Waals surface area contributed by atoms with Crippen LogP contribution in [0.2, 0.25) is 0 Å². The summed E-state index contributed by atoms with van der Waals surface area (Å²) in [7, 11) is 0. The summed E-state index contributed by atoms with van der Waals surface area (Å²) in [5.41, 5.74) is 6.42. The summed E-state index contributed by atoms with van der Waals surface area (Å²) in [6.07, 6.45) is 13.1. The van der Waals surface area contributed by atoms with Crippen LogP contribution in [0.1, 0.15) is 88.7 Å². The van der Waals surface area contributed by atoms with Crippen molar-refractivity contribution >= 4 is 0 Å². The largest absolute Gasteiger partial charge is 0.206 e. The number of hydrogen-bond donors (Lipinski definition) is 0. The monoisotopic (exact) mass is 442 g/mol. The van der Waals surface area contributed by atoms with Crippen LogP contribution in [0, 0.1) is 11.7 Å². The summed E-state index contributed by atoms with van der Waals surface area (Å²) in [6.45, 7) is 4.47. The van der Waals surface area contributed by atoms with Gasteiger partial charge >= 0.3 is 0 Å². The van der Waals surface area contributed by atoms with Crippen molar-refractivity contribution in [1.82, 2.24) is 0 Å². The molecule has 4 rings (SSSR count). The Balaban J connectivity index is 1.39. The van der Waals surface area contributed by atoms with Crippen LogP contribution in [0.4, 0.5) is 4.39 Å². The van der Waals surface area contributed by atoms with E-state index in [0.29, 0.717) is 11.5 Å². The molecule has 0 N–H and O–H groups in total. The van der Waals surface area contributed by atoms with E-state index in [2.05, 4.69) is 62.4 Å². The van der Waals surface area contributed by atoms with Crippen molar-refractivity contribution in [1.29, 1.82) is 0 Å². The number of hydrogen-bond acceptors (Lipinski definition) is 0. The Labute approximate surface area is 200 Å². The molecular weight excluding hydrogens is 403 g/mol. The zero-order valence-corrected chi connectivity index (χ0v) is 20.5. The van der Waals surface area contributed by atoms with Gasteiger partial charge in [-0.25, -0.2) is 4.39 Å². The van der Waals surface area contributed by atoms with Crippen molar-refractivity contribution in [3.63, 3.8) is 0 Å². The van der Waals surface area contributed by atoms with Crippen LogP contribution in [0.3, 0.4) is 0 Å². The molecule has 0 radical (unpaired) electrons. The first kappa shape index (κ1) is 23.7. The number of aryl methyl sites for hydroxylation is 1. The van der Waals surface area contributed by atoms with E-state index in [9.17, 15) is 0 Å². The molecule has 0 bridgehead atoms. The lowest BCUT2D eigenvalue weighted by Gasteiger charge is -2.29. The first-order valence-corrected chi connectivity index (χ1v) is 13.2. The molecule has 0 atom stereocenters. The molecule has 0 aliphatic heterocycles. The number of unbranched alkanes of at least 4 members (excludes halogenated alkanes) is 2. The van der Waals surface area contributed by atoms with Gasteiger partial charge in [0, 0.05) is 5.56 Å². The summed E-state index contributed by atoms with van der Waals surface area (Å²) in [4.78, 5) is 0. The summed E-state index contributed by atoms with van der Waals surface area (Å²) in [5, 5.41) is 0. The van der Waals surface area contributed by atoms with Crippen LogP contribution < -0.4 is 0 Å². The Morgan fingerprint density at radius 1 is 0.697 bits per heavy atom. The van der Waals surface area contributed by atoms with E-state index in [1.807, 2.05) is 12.1 Å². The van der Waals surface area contributed by atoms with Gasteiger partial charge < -0.3 is 0 Å². The average Bonchev–Trinajstić information content (AvgIpc) is 2.85. The molecule has 1 saturated carbocycles. The van der Waals surface area contributed by atoms with Gasteiger partial charge in [-0.05, 0) is 77.8 Å². The molecule has 0 spiro atoms. The highest BCUT2D eigenvalue weighted by Gasteiger charge is 2.22. The zero-order valence-electron chi connectivity index (χ0n) is 20.5. The molecule has 0 nitrogen and oxygen atoms in total. The van der Waals surface area contributed by atoms with Gasteiger partial charge in [-0.15, -0.1) is 0 Å².